The Hall–Kier alpha value is -1.84. The number of imidazole rings is 1. The lowest BCUT2D eigenvalue weighted by Crippen LogP contribution is -2.20. The van der Waals surface area contributed by atoms with Gasteiger partial charge in [-0.1, -0.05) is 13.8 Å². The number of hydrogen-bond acceptors (Lipinski definition) is 3. The van der Waals surface area contributed by atoms with E-state index in [0.717, 1.165) is 23.7 Å². The van der Waals surface area contributed by atoms with E-state index in [2.05, 4.69) is 30.2 Å². The van der Waals surface area contributed by atoms with Crippen molar-refractivity contribution in [2.45, 2.75) is 19.3 Å². The minimum atomic E-state index is 0.103. The highest BCUT2D eigenvalue weighted by molar-refractivity contribution is 5.58. The molecular formula is C12H14N4. The Bertz CT molecular complexity index is 514. The summed E-state index contributed by atoms with van der Waals surface area (Å²) in [6.45, 7) is 5.36. The van der Waals surface area contributed by atoms with Gasteiger partial charge >= 0.3 is 0 Å². The Morgan fingerprint density at radius 1 is 1.38 bits per heavy atom. The van der Waals surface area contributed by atoms with Crippen molar-refractivity contribution in [2.24, 2.45) is 0 Å². The monoisotopic (exact) mass is 214 g/mol. The third kappa shape index (κ3) is 1.30. The molecule has 16 heavy (non-hydrogen) atoms. The number of fused-ring (bicyclic) bond motifs is 1. The average molecular weight is 214 g/mol. The van der Waals surface area contributed by atoms with E-state index in [4.69, 9.17) is 4.98 Å². The molecule has 82 valence electrons. The Morgan fingerprint density at radius 3 is 3.00 bits per heavy atom. The van der Waals surface area contributed by atoms with Gasteiger partial charge in [0.2, 0.25) is 0 Å². The molecule has 1 aliphatic heterocycles. The van der Waals surface area contributed by atoms with Crippen molar-refractivity contribution in [2.75, 3.05) is 11.9 Å². The molecule has 0 unspecified atom stereocenters. The number of pyridine rings is 1. The van der Waals surface area contributed by atoms with Gasteiger partial charge in [-0.25, -0.2) is 9.97 Å². The summed E-state index contributed by atoms with van der Waals surface area (Å²) in [4.78, 5) is 8.74. The van der Waals surface area contributed by atoms with Crippen LogP contribution in [0.5, 0.6) is 0 Å². The molecule has 2 aromatic rings. The Morgan fingerprint density at radius 2 is 2.25 bits per heavy atom. The molecule has 0 saturated carbocycles. The molecule has 3 heterocycles. The number of nitrogens with one attached hydrogen (secondary N) is 1. The highest BCUT2D eigenvalue weighted by atomic mass is 15.1. The zero-order chi connectivity index (χ0) is 11.2. The first-order chi connectivity index (χ1) is 7.67. The van der Waals surface area contributed by atoms with Crippen LogP contribution in [0.4, 0.5) is 5.69 Å². The van der Waals surface area contributed by atoms with Crippen LogP contribution in [-0.2, 0) is 5.41 Å². The number of rotatable bonds is 1. The molecule has 1 N–H and O–H groups in total. The molecule has 2 aromatic heterocycles. The first-order valence-corrected chi connectivity index (χ1v) is 5.40. The lowest BCUT2D eigenvalue weighted by Gasteiger charge is -2.16. The molecule has 0 bridgehead atoms. The molecule has 0 aliphatic carbocycles. The Kier molecular flexibility index (Phi) is 1.80. The van der Waals surface area contributed by atoms with Crippen molar-refractivity contribution in [3.8, 4) is 5.82 Å². The van der Waals surface area contributed by atoms with E-state index < -0.39 is 0 Å². The summed E-state index contributed by atoms with van der Waals surface area (Å²) < 4.78 is 1.93. The minimum absolute atomic E-state index is 0.103. The van der Waals surface area contributed by atoms with Crippen molar-refractivity contribution in [3.05, 3.63) is 36.5 Å². The largest absolute Gasteiger partial charge is 0.383 e. The van der Waals surface area contributed by atoms with E-state index in [1.807, 2.05) is 16.8 Å². The van der Waals surface area contributed by atoms with Crippen LogP contribution < -0.4 is 5.32 Å². The third-order valence-corrected chi connectivity index (χ3v) is 3.01. The van der Waals surface area contributed by atoms with Crippen LogP contribution in [0.3, 0.4) is 0 Å². The molecule has 0 radical (unpaired) electrons. The molecule has 3 rings (SSSR count). The summed E-state index contributed by atoms with van der Waals surface area (Å²) in [5, 5.41) is 3.38. The van der Waals surface area contributed by atoms with E-state index in [1.165, 1.54) is 0 Å². The SMILES string of the molecule is CC1(C)CNc2ccc(-n3ccnc3)nc21. The molecule has 0 aromatic carbocycles. The fourth-order valence-corrected chi connectivity index (χ4v) is 2.05. The second-order valence-corrected chi connectivity index (χ2v) is 4.77. The van der Waals surface area contributed by atoms with Gasteiger partial charge in [-0.05, 0) is 12.1 Å². The maximum absolute atomic E-state index is 4.71. The lowest BCUT2D eigenvalue weighted by atomic mass is 9.91. The van der Waals surface area contributed by atoms with Gasteiger partial charge in [0.15, 0.2) is 0 Å². The highest BCUT2D eigenvalue weighted by Gasteiger charge is 2.31. The number of nitrogens with zero attached hydrogens (tertiary/aromatic N) is 3. The quantitative estimate of drug-likeness (QED) is 0.789. The first kappa shape index (κ1) is 9.39. The van der Waals surface area contributed by atoms with Gasteiger partial charge in [-0.2, -0.15) is 0 Å². The summed E-state index contributed by atoms with van der Waals surface area (Å²) in [5.41, 5.74) is 2.39. The predicted molar refractivity (Wildman–Crippen MR) is 62.9 cm³/mol. The van der Waals surface area contributed by atoms with Crippen molar-refractivity contribution in [1.29, 1.82) is 0 Å². The zero-order valence-electron chi connectivity index (χ0n) is 9.44. The Labute approximate surface area is 94.4 Å². The summed E-state index contributed by atoms with van der Waals surface area (Å²) in [6, 6.07) is 4.10. The minimum Gasteiger partial charge on any atom is -0.383 e. The van der Waals surface area contributed by atoms with Crippen molar-refractivity contribution in [3.63, 3.8) is 0 Å². The fraction of sp³-hybridized carbons (Fsp3) is 0.333. The molecule has 0 atom stereocenters. The van der Waals surface area contributed by atoms with Crippen LogP contribution in [-0.4, -0.2) is 21.1 Å². The van der Waals surface area contributed by atoms with E-state index >= 15 is 0 Å². The third-order valence-electron chi connectivity index (χ3n) is 3.01. The smallest absolute Gasteiger partial charge is 0.138 e. The second-order valence-electron chi connectivity index (χ2n) is 4.77. The molecule has 0 saturated heterocycles. The topological polar surface area (TPSA) is 42.7 Å². The van der Waals surface area contributed by atoms with Crippen LogP contribution in [0, 0.1) is 0 Å². The second kappa shape index (κ2) is 3.07. The van der Waals surface area contributed by atoms with Gasteiger partial charge in [0, 0.05) is 24.4 Å². The van der Waals surface area contributed by atoms with E-state index in [9.17, 15) is 0 Å². The summed E-state index contributed by atoms with van der Waals surface area (Å²) in [5.74, 6) is 0.924. The zero-order valence-corrected chi connectivity index (χ0v) is 9.44. The van der Waals surface area contributed by atoms with Crippen LogP contribution >= 0.6 is 0 Å². The predicted octanol–water partition coefficient (Wildman–Crippen LogP) is 1.97. The maximum atomic E-state index is 4.71. The van der Waals surface area contributed by atoms with Gasteiger partial charge in [-0.15, -0.1) is 0 Å². The number of hydrogen-bond donors (Lipinski definition) is 1. The van der Waals surface area contributed by atoms with Gasteiger partial charge in [0.05, 0.1) is 11.4 Å². The summed E-state index contributed by atoms with van der Waals surface area (Å²) in [7, 11) is 0. The molecule has 1 aliphatic rings. The fourth-order valence-electron chi connectivity index (χ4n) is 2.05. The maximum Gasteiger partial charge on any atom is 0.138 e. The standard InChI is InChI=1S/C12H14N4/c1-12(2)7-14-9-3-4-10(15-11(9)12)16-6-5-13-8-16/h3-6,8,14H,7H2,1-2H3. The van der Waals surface area contributed by atoms with Crippen LogP contribution in [0.2, 0.25) is 0 Å². The van der Waals surface area contributed by atoms with Gasteiger partial charge < -0.3 is 5.32 Å². The molecule has 4 nitrogen and oxygen atoms in total. The van der Waals surface area contributed by atoms with Gasteiger partial charge in [0.25, 0.3) is 0 Å². The summed E-state index contributed by atoms with van der Waals surface area (Å²) >= 11 is 0. The highest BCUT2D eigenvalue weighted by Crippen LogP contribution is 2.34. The first-order valence-electron chi connectivity index (χ1n) is 5.40. The van der Waals surface area contributed by atoms with Crippen LogP contribution in [0.25, 0.3) is 5.82 Å². The normalized spacial score (nSPS) is 16.9. The average Bonchev–Trinajstić information content (AvgIpc) is 2.87. The molecular weight excluding hydrogens is 200 g/mol. The van der Waals surface area contributed by atoms with Crippen molar-refractivity contribution in [1.82, 2.24) is 14.5 Å². The van der Waals surface area contributed by atoms with Crippen LogP contribution in [0.1, 0.15) is 19.5 Å². The molecule has 0 amide bonds. The van der Waals surface area contributed by atoms with Crippen LogP contribution in [0.15, 0.2) is 30.9 Å². The summed E-state index contributed by atoms with van der Waals surface area (Å²) in [6.07, 6.45) is 5.44. The number of aromatic nitrogens is 3. The Balaban J connectivity index is 2.12. The van der Waals surface area contributed by atoms with Gasteiger partial charge in [-0.3, -0.25) is 4.57 Å². The van der Waals surface area contributed by atoms with Crippen molar-refractivity contribution < 1.29 is 0 Å². The van der Waals surface area contributed by atoms with E-state index in [-0.39, 0.29) is 5.41 Å². The molecule has 0 fully saturated rings. The van der Waals surface area contributed by atoms with E-state index in [0.29, 0.717) is 0 Å². The van der Waals surface area contributed by atoms with E-state index in [1.54, 1.807) is 12.5 Å². The van der Waals surface area contributed by atoms with Gasteiger partial charge in [0.1, 0.15) is 12.1 Å². The molecule has 0 spiro atoms. The number of anilines is 1. The lowest BCUT2D eigenvalue weighted by molar-refractivity contribution is 0.567. The molecule has 4 heteroatoms. The van der Waals surface area contributed by atoms with Crippen molar-refractivity contribution >= 4 is 5.69 Å².